The number of hydrogen-bond acceptors (Lipinski definition) is 13. The van der Waals surface area contributed by atoms with Crippen LogP contribution in [-0.4, -0.2) is 140 Å². The van der Waals surface area contributed by atoms with Crippen molar-refractivity contribution in [3.8, 4) is 17.2 Å². The van der Waals surface area contributed by atoms with E-state index in [2.05, 4.69) is 50.3 Å². The van der Waals surface area contributed by atoms with E-state index < -0.39 is 0 Å². The van der Waals surface area contributed by atoms with Crippen LogP contribution in [0, 0.1) is 13.8 Å². The molecule has 10 rings (SSSR count). The monoisotopic (exact) mass is 981 g/mol. The van der Waals surface area contributed by atoms with Crippen molar-refractivity contribution in [1.29, 1.82) is 0 Å². The predicted octanol–water partition coefficient (Wildman–Crippen LogP) is 6.93. The number of imidazole rings is 2. The molecule has 4 aliphatic rings. The second kappa shape index (κ2) is 22.6. The van der Waals surface area contributed by atoms with Crippen molar-refractivity contribution in [3.63, 3.8) is 0 Å². The van der Waals surface area contributed by atoms with Crippen molar-refractivity contribution < 1.29 is 38.1 Å². The zero-order chi connectivity index (χ0) is 49.6. The van der Waals surface area contributed by atoms with Gasteiger partial charge in [-0.1, -0.05) is 20.6 Å². The number of ether oxygens (including phenoxy) is 4. The maximum absolute atomic E-state index is 13.2. The van der Waals surface area contributed by atoms with Gasteiger partial charge in [-0.25, -0.2) is 9.97 Å². The largest absolute Gasteiger partial charge is 0.492 e. The Balaban J connectivity index is 0.000000190. The van der Waals surface area contributed by atoms with Crippen LogP contribution in [0.3, 0.4) is 0 Å². The number of benzene rings is 2. The number of aromatic nitrogens is 6. The van der Waals surface area contributed by atoms with Gasteiger partial charge < -0.3 is 37.9 Å². The van der Waals surface area contributed by atoms with Crippen LogP contribution >= 0.6 is 0 Å². The Bertz CT molecular complexity index is 3000. The number of amides is 4. The van der Waals surface area contributed by atoms with E-state index in [1.54, 1.807) is 41.6 Å². The second-order valence-corrected chi connectivity index (χ2v) is 18.0. The zero-order valence-electron chi connectivity index (χ0n) is 40.4. The van der Waals surface area contributed by atoms with Gasteiger partial charge in [0.25, 0.3) is 11.8 Å². The third-order valence-corrected chi connectivity index (χ3v) is 13.1. The molecule has 0 aliphatic carbocycles. The molecule has 2 N–H and O–H groups in total. The average molecular weight is 982 g/mol. The number of nitrogens with one attached hydrogen (secondary N) is 2. The van der Waals surface area contributed by atoms with E-state index in [4.69, 9.17) is 28.9 Å². The standard InChI is InChI=1S/C26H30N6O3.C26H29N5O5.CH4/c1-4-23(33)31-11-5-6-19(15-31)32-24-20-16-30(3)12-13-35-22(20)8-7-21(24)28-26(32)29-25(34)18-9-10-27-17(2)14-18;1-3-22(32)30-10-4-5-19(16-30)31-23-20(6-7-21-24(23)36-14-12-34-11-13-35-21)28-26(31)29-25(33)18-8-9-27-17(2)15-18;/h4,7-10,14,19H,1,5-6,11-13,15-16H2,2-3H3,(H,28,29,34);3,6-9,15,19H,1,4-5,10-14,16H2,2H3,(H,28,29,33);1H4/t2*19-;/m11./s1. The van der Waals surface area contributed by atoms with Crippen LogP contribution in [0.4, 0.5) is 11.9 Å². The van der Waals surface area contributed by atoms with Crippen LogP contribution < -0.4 is 24.8 Å². The molecule has 4 aromatic heterocycles. The molecule has 0 unspecified atom stereocenters. The Morgan fingerprint density at radius 2 is 1.17 bits per heavy atom. The number of carbonyl (C=O) groups is 4. The number of anilines is 2. The summed E-state index contributed by atoms with van der Waals surface area (Å²) in [5.74, 6) is 2.08. The molecule has 0 saturated carbocycles. The first-order valence-electron chi connectivity index (χ1n) is 24.0. The number of carbonyl (C=O) groups excluding carboxylic acids is 4. The van der Waals surface area contributed by atoms with E-state index in [0.717, 1.165) is 66.0 Å². The number of likely N-dealkylation sites (N-methyl/N-ethyl adjacent to an activating group) is 1. The average Bonchev–Trinajstić information content (AvgIpc) is 3.91. The molecular formula is C53H63N11O8. The maximum atomic E-state index is 13.2. The summed E-state index contributed by atoms with van der Waals surface area (Å²) in [5.41, 5.74) is 6.66. The summed E-state index contributed by atoms with van der Waals surface area (Å²) >= 11 is 0. The molecule has 6 aromatic rings. The van der Waals surface area contributed by atoms with E-state index in [1.165, 1.54) is 12.2 Å². The first-order valence-corrected chi connectivity index (χ1v) is 24.0. The minimum Gasteiger partial charge on any atom is -0.492 e. The minimum absolute atomic E-state index is 0. The van der Waals surface area contributed by atoms with E-state index in [1.807, 2.05) is 47.6 Å². The van der Waals surface area contributed by atoms with Gasteiger partial charge >= 0.3 is 0 Å². The Hall–Kier alpha value is -7.64. The van der Waals surface area contributed by atoms with Gasteiger partial charge in [-0.3, -0.25) is 44.7 Å². The third kappa shape index (κ3) is 11.0. The first-order chi connectivity index (χ1) is 34.5. The molecule has 4 amide bonds. The highest BCUT2D eigenvalue weighted by Gasteiger charge is 2.32. The third-order valence-electron chi connectivity index (χ3n) is 13.1. The highest BCUT2D eigenvalue weighted by molar-refractivity contribution is 6.05. The highest BCUT2D eigenvalue weighted by Crippen LogP contribution is 2.42. The molecule has 2 atom stereocenters. The van der Waals surface area contributed by atoms with E-state index >= 15 is 0 Å². The van der Waals surface area contributed by atoms with Crippen molar-refractivity contribution in [1.82, 2.24) is 43.8 Å². The molecule has 8 heterocycles. The van der Waals surface area contributed by atoms with Crippen molar-refractivity contribution in [2.75, 3.05) is 83.4 Å². The van der Waals surface area contributed by atoms with Gasteiger partial charge in [0, 0.05) is 79.7 Å². The lowest BCUT2D eigenvalue weighted by molar-refractivity contribution is -0.128. The summed E-state index contributed by atoms with van der Waals surface area (Å²) in [6.45, 7) is 17.1. The normalized spacial score (nSPS) is 18.0. The molecule has 4 aliphatic heterocycles. The number of aryl methyl sites for hydroxylation is 2. The summed E-state index contributed by atoms with van der Waals surface area (Å²) in [5, 5.41) is 6.03. The van der Waals surface area contributed by atoms with Crippen molar-refractivity contribution in [3.05, 3.63) is 114 Å². The fourth-order valence-electron chi connectivity index (χ4n) is 9.69. The first kappa shape index (κ1) is 50.7. The Morgan fingerprint density at radius 3 is 1.72 bits per heavy atom. The number of rotatable bonds is 8. The molecule has 72 heavy (non-hydrogen) atoms. The van der Waals surface area contributed by atoms with Crippen LogP contribution in [0.5, 0.6) is 17.2 Å². The summed E-state index contributed by atoms with van der Waals surface area (Å²) in [4.78, 5) is 75.0. The van der Waals surface area contributed by atoms with E-state index in [-0.39, 0.29) is 43.1 Å². The van der Waals surface area contributed by atoms with Gasteiger partial charge in [-0.15, -0.1) is 0 Å². The summed E-state index contributed by atoms with van der Waals surface area (Å²) in [6, 6.07) is 14.2. The lowest BCUT2D eigenvalue weighted by Crippen LogP contribution is -2.40. The quantitative estimate of drug-likeness (QED) is 0.149. The molecule has 0 spiro atoms. The van der Waals surface area contributed by atoms with Gasteiger partial charge in [0.1, 0.15) is 31.1 Å². The van der Waals surface area contributed by atoms with Crippen LogP contribution in [0.2, 0.25) is 0 Å². The molecule has 2 fully saturated rings. The van der Waals surface area contributed by atoms with Gasteiger partial charge in [-0.2, -0.15) is 0 Å². The molecule has 378 valence electrons. The molecule has 2 saturated heterocycles. The summed E-state index contributed by atoms with van der Waals surface area (Å²) in [6.07, 6.45) is 9.25. The van der Waals surface area contributed by atoms with Gasteiger partial charge in [-0.05, 0) is 107 Å². The van der Waals surface area contributed by atoms with Gasteiger partial charge in [0.15, 0.2) is 11.5 Å². The lowest BCUT2D eigenvalue weighted by atomic mass is 10.0. The maximum Gasteiger partial charge on any atom is 0.258 e. The van der Waals surface area contributed by atoms with Crippen molar-refractivity contribution in [2.45, 2.75) is 65.6 Å². The molecule has 19 nitrogen and oxygen atoms in total. The van der Waals surface area contributed by atoms with Crippen LogP contribution in [0.25, 0.3) is 22.1 Å². The number of pyridine rings is 2. The van der Waals surface area contributed by atoms with Crippen LogP contribution in [-0.2, 0) is 20.9 Å². The number of nitrogens with zero attached hydrogens (tertiary/aromatic N) is 9. The second-order valence-electron chi connectivity index (χ2n) is 18.0. The van der Waals surface area contributed by atoms with Crippen molar-refractivity contribution in [2.24, 2.45) is 0 Å². The smallest absolute Gasteiger partial charge is 0.258 e. The fraction of sp³-hybridized carbons (Fsp3) is 0.396. The van der Waals surface area contributed by atoms with Gasteiger partial charge in [0.05, 0.1) is 41.8 Å². The fourth-order valence-corrected chi connectivity index (χ4v) is 9.69. The SMILES string of the molecule is C.C=CC(=O)N1CCC[C@@H](n2c(NC(=O)c3ccnc(C)c3)nc3ccc4c(c32)CN(C)CCO4)C1.C=CC(=O)N1CCC[C@@H](n2c(NC(=O)c3ccnc(C)c3)nc3ccc4c(c32)OCCOCCO4)C1. The number of fused-ring (bicyclic) bond motifs is 6. The lowest BCUT2D eigenvalue weighted by Gasteiger charge is -2.34. The summed E-state index contributed by atoms with van der Waals surface area (Å²) < 4.78 is 27.8. The Morgan fingerprint density at radius 1 is 0.653 bits per heavy atom. The molecule has 19 heteroatoms. The summed E-state index contributed by atoms with van der Waals surface area (Å²) in [7, 11) is 2.07. The number of hydrogen-bond donors (Lipinski definition) is 2. The van der Waals surface area contributed by atoms with Crippen LogP contribution in [0.1, 0.15) is 82.9 Å². The molecule has 0 radical (unpaired) electrons. The van der Waals surface area contributed by atoms with Crippen LogP contribution in [0.15, 0.2) is 86.2 Å². The Kier molecular flexibility index (Phi) is 15.9. The van der Waals surface area contributed by atoms with Crippen molar-refractivity contribution >= 4 is 57.6 Å². The molecule has 0 bridgehead atoms. The van der Waals surface area contributed by atoms with Gasteiger partial charge in [0.2, 0.25) is 23.7 Å². The molecule has 2 aromatic carbocycles. The topological polar surface area (TPSA) is 200 Å². The molecular weight excluding hydrogens is 919 g/mol. The van der Waals surface area contributed by atoms with E-state index in [0.29, 0.717) is 111 Å². The minimum atomic E-state index is -0.294. The zero-order valence-corrected chi connectivity index (χ0v) is 40.4. The number of piperidine rings is 2. The Labute approximate surface area is 418 Å². The highest BCUT2D eigenvalue weighted by atomic mass is 16.6. The predicted molar refractivity (Wildman–Crippen MR) is 274 cm³/mol. The number of likely N-dealkylation sites (tertiary alicyclic amines) is 2. The van der Waals surface area contributed by atoms with E-state index in [9.17, 15) is 19.2 Å².